The molecule has 0 aliphatic rings. The lowest BCUT2D eigenvalue weighted by Gasteiger charge is -2.10. The van der Waals surface area contributed by atoms with Crippen LogP contribution in [0.25, 0.3) is 10.9 Å². The number of rotatable bonds is 3. The first-order valence-electron chi connectivity index (χ1n) is 8.74. The number of aromatic nitrogens is 3. The number of pyridine rings is 1. The Kier molecular flexibility index (Phi) is 6.71. The Labute approximate surface area is 156 Å². The summed E-state index contributed by atoms with van der Waals surface area (Å²) in [5, 5.41) is 0.783. The Hall–Kier alpha value is -2.70. The molecule has 0 saturated carbocycles. The van der Waals surface area contributed by atoms with Crippen molar-refractivity contribution >= 4 is 10.9 Å². The van der Waals surface area contributed by atoms with E-state index >= 15 is 0 Å². The van der Waals surface area contributed by atoms with Crippen LogP contribution in [-0.4, -0.2) is 14.5 Å². The van der Waals surface area contributed by atoms with Crippen molar-refractivity contribution in [3.63, 3.8) is 0 Å². The summed E-state index contributed by atoms with van der Waals surface area (Å²) in [6.07, 6.45) is -1.12. The summed E-state index contributed by atoms with van der Waals surface area (Å²) in [6, 6.07) is 5.80. The van der Waals surface area contributed by atoms with E-state index in [1.807, 2.05) is 45.4 Å². The average Bonchev–Trinajstić information content (AvgIpc) is 2.65. The van der Waals surface area contributed by atoms with Crippen LogP contribution in [0.2, 0.25) is 0 Å². The summed E-state index contributed by atoms with van der Waals surface area (Å²) >= 11 is 0. The zero-order valence-corrected chi connectivity index (χ0v) is 16.1. The summed E-state index contributed by atoms with van der Waals surface area (Å²) < 4.78 is 41.7. The molecule has 3 rings (SSSR count). The standard InChI is InChI=1S/C18H17F3N4.C2H6/c1-10-7-14-15(9-22-10)25(3)11(2)24-18(14)23-8-12-5-4-6-13(16(12)19)17(20)21;1-2/h4-7,9,17H,8H2,1-3H3;1-2H3. The van der Waals surface area contributed by atoms with Gasteiger partial charge < -0.3 is 4.57 Å². The largest absolute Gasteiger partial charge is 0.331 e. The minimum absolute atomic E-state index is 0.0664. The fourth-order valence-corrected chi connectivity index (χ4v) is 2.63. The normalized spacial score (nSPS) is 11.7. The predicted molar refractivity (Wildman–Crippen MR) is 100.0 cm³/mol. The summed E-state index contributed by atoms with van der Waals surface area (Å²) in [7, 11) is 1.87. The van der Waals surface area contributed by atoms with E-state index < -0.39 is 17.8 Å². The fourth-order valence-electron chi connectivity index (χ4n) is 2.63. The molecule has 0 spiro atoms. The number of hydrogen-bond donors (Lipinski definition) is 0. The highest BCUT2D eigenvalue weighted by Gasteiger charge is 2.15. The second kappa shape index (κ2) is 8.79. The van der Waals surface area contributed by atoms with Gasteiger partial charge in [-0.15, -0.1) is 0 Å². The van der Waals surface area contributed by atoms with E-state index in [4.69, 9.17) is 0 Å². The zero-order chi connectivity index (χ0) is 20.1. The lowest BCUT2D eigenvalue weighted by Crippen LogP contribution is -2.17. The first-order chi connectivity index (χ1) is 12.9. The van der Waals surface area contributed by atoms with Gasteiger partial charge in [-0.25, -0.2) is 18.2 Å². The van der Waals surface area contributed by atoms with Crippen molar-refractivity contribution in [3.05, 3.63) is 64.4 Å². The topological polar surface area (TPSA) is 43.1 Å². The average molecular weight is 376 g/mol. The molecule has 0 bridgehead atoms. The molecule has 2 aromatic heterocycles. The van der Waals surface area contributed by atoms with Crippen molar-refractivity contribution in [2.24, 2.45) is 12.0 Å². The molecule has 27 heavy (non-hydrogen) atoms. The number of nitrogens with zero attached hydrogens (tertiary/aromatic N) is 4. The number of aryl methyl sites for hydroxylation is 3. The monoisotopic (exact) mass is 376 g/mol. The summed E-state index contributed by atoms with van der Waals surface area (Å²) in [5.74, 6) is -0.194. The molecule has 4 nitrogen and oxygen atoms in total. The minimum atomic E-state index is -2.86. The van der Waals surface area contributed by atoms with Gasteiger partial charge in [-0.3, -0.25) is 9.98 Å². The van der Waals surface area contributed by atoms with Crippen LogP contribution < -0.4 is 5.49 Å². The number of fused-ring (bicyclic) bond motifs is 1. The molecule has 0 radical (unpaired) electrons. The molecule has 2 heterocycles. The Balaban J connectivity index is 0.00000126. The van der Waals surface area contributed by atoms with Gasteiger partial charge in [0.2, 0.25) is 0 Å². The number of halogens is 3. The Morgan fingerprint density at radius 3 is 2.56 bits per heavy atom. The van der Waals surface area contributed by atoms with E-state index in [2.05, 4.69) is 15.0 Å². The van der Waals surface area contributed by atoms with Crippen molar-refractivity contribution in [3.8, 4) is 0 Å². The van der Waals surface area contributed by atoms with Gasteiger partial charge in [-0.05, 0) is 19.9 Å². The molecule has 0 aliphatic heterocycles. The molecule has 0 atom stereocenters. The van der Waals surface area contributed by atoms with Crippen molar-refractivity contribution in [2.75, 3.05) is 0 Å². The molecule has 0 N–H and O–H groups in total. The van der Waals surface area contributed by atoms with E-state index in [0.717, 1.165) is 28.5 Å². The SMILES string of the molecule is CC.Cc1cc2c(=NCc3cccc(C(F)F)c3F)nc(C)n(C)c2cn1. The van der Waals surface area contributed by atoms with Gasteiger partial charge in [0, 0.05) is 23.7 Å². The van der Waals surface area contributed by atoms with Gasteiger partial charge in [0.1, 0.15) is 11.6 Å². The van der Waals surface area contributed by atoms with Crippen LogP contribution in [0.3, 0.4) is 0 Å². The van der Waals surface area contributed by atoms with Crippen LogP contribution in [-0.2, 0) is 13.6 Å². The van der Waals surface area contributed by atoms with Gasteiger partial charge >= 0.3 is 0 Å². The van der Waals surface area contributed by atoms with Gasteiger partial charge in [-0.2, -0.15) is 0 Å². The van der Waals surface area contributed by atoms with Crippen LogP contribution in [0.5, 0.6) is 0 Å². The summed E-state index contributed by atoms with van der Waals surface area (Å²) in [6.45, 7) is 7.62. The van der Waals surface area contributed by atoms with Gasteiger partial charge in [-0.1, -0.05) is 32.0 Å². The molecule has 1 aromatic carbocycles. The van der Waals surface area contributed by atoms with E-state index in [-0.39, 0.29) is 12.1 Å². The van der Waals surface area contributed by atoms with E-state index in [9.17, 15) is 13.2 Å². The van der Waals surface area contributed by atoms with E-state index in [1.54, 1.807) is 6.20 Å². The lowest BCUT2D eigenvalue weighted by molar-refractivity contribution is 0.146. The van der Waals surface area contributed by atoms with E-state index in [0.29, 0.717) is 5.49 Å². The number of alkyl halides is 2. The maximum absolute atomic E-state index is 14.2. The molecule has 0 amide bonds. The second-order valence-corrected chi connectivity index (χ2v) is 5.82. The first kappa shape index (κ1) is 20.6. The van der Waals surface area contributed by atoms with Crippen LogP contribution >= 0.6 is 0 Å². The smallest absolute Gasteiger partial charge is 0.266 e. The molecule has 144 valence electrons. The minimum Gasteiger partial charge on any atom is -0.331 e. The third kappa shape index (κ3) is 4.35. The molecular formula is C20H23F3N4. The lowest BCUT2D eigenvalue weighted by atomic mass is 10.1. The fraction of sp³-hybridized carbons (Fsp3) is 0.350. The molecule has 0 unspecified atom stereocenters. The molecule has 3 aromatic rings. The first-order valence-corrected chi connectivity index (χ1v) is 8.74. The third-order valence-electron chi connectivity index (χ3n) is 4.12. The number of hydrogen-bond acceptors (Lipinski definition) is 3. The van der Waals surface area contributed by atoms with Crippen molar-refractivity contribution in [1.82, 2.24) is 14.5 Å². The highest BCUT2D eigenvalue weighted by molar-refractivity contribution is 5.77. The summed E-state index contributed by atoms with van der Waals surface area (Å²) in [4.78, 5) is 13.1. The van der Waals surface area contributed by atoms with Gasteiger partial charge in [0.05, 0.1) is 23.8 Å². The second-order valence-electron chi connectivity index (χ2n) is 5.82. The molecular weight excluding hydrogens is 353 g/mol. The zero-order valence-electron chi connectivity index (χ0n) is 16.1. The highest BCUT2D eigenvalue weighted by Crippen LogP contribution is 2.24. The molecule has 0 aliphatic carbocycles. The molecule has 0 fully saturated rings. The Bertz CT molecular complexity index is 1010. The number of benzene rings is 1. The Morgan fingerprint density at radius 1 is 1.19 bits per heavy atom. The van der Waals surface area contributed by atoms with Gasteiger partial charge in [0.15, 0.2) is 5.49 Å². The predicted octanol–water partition coefficient (Wildman–Crippen LogP) is 4.79. The van der Waals surface area contributed by atoms with Crippen molar-refractivity contribution < 1.29 is 13.2 Å². The highest BCUT2D eigenvalue weighted by atomic mass is 19.3. The van der Waals surface area contributed by atoms with Crippen LogP contribution in [0.1, 0.15) is 42.9 Å². The Morgan fingerprint density at radius 2 is 1.89 bits per heavy atom. The van der Waals surface area contributed by atoms with Crippen LogP contribution in [0, 0.1) is 19.7 Å². The summed E-state index contributed by atoms with van der Waals surface area (Å²) in [5.41, 5.74) is 1.60. The molecule has 0 saturated heterocycles. The third-order valence-corrected chi connectivity index (χ3v) is 4.12. The van der Waals surface area contributed by atoms with Crippen LogP contribution in [0.4, 0.5) is 13.2 Å². The van der Waals surface area contributed by atoms with Crippen molar-refractivity contribution in [1.29, 1.82) is 0 Å². The van der Waals surface area contributed by atoms with Crippen LogP contribution in [0.15, 0.2) is 35.5 Å². The maximum Gasteiger partial charge on any atom is 0.266 e. The quantitative estimate of drug-likeness (QED) is 0.660. The van der Waals surface area contributed by atoms with E-state index in [1.165, 1.54) is 12.1 Å². The van der Waals surface area contributed by atoms with Gasteiger partial charge in [0.25, 0.3) is 6.43 Å². The van der Waals surface area contributed by atoms with Crippen molar-refractivity contribution in [2.45, 2.75) is 40.7 Å². The molecule has 7 heteroatoms. The maximum atomic E-state index is 14.2.